The van der Waals surface area contributed by atoms with Crippen molar-refractivity contribution in [1.29, 1.82) is 0 Å². The van der Waals surface area contributed by atoms with Crippen LogP contribution in [0.25, 0.3) is 0 Å². The van der Waals surface area contributed by atoms with Crippen molar-refractivity contribution in [2.75, 3.05) is 45.1 Å². The van der Waals surface area contributed by atoms with E-state index in [-0.39, 0.29) is 11.8 Å². The number of anilines is 1. The number of rotatable bonds is 6. The summed E-state index contributed by atoms with van der Waals surface area (Å²) in [5.74, 6) is -0.428. The smallest absolute Gasteiger partial charge is 0.321 e. The third kappa shape index (κ3) is 5.88. The molecular weight excluding hydrogens is 382 g/mol. The van der Waals surface area contributed by atoms with Crippen LogP contribution in [0.1, 0.15) is 11.6 Å². The second-order valence-corrected chi connectivity index (χ2v) is 7.11. The van der Waals surface area contributed by atoms with Gasteiger partial charge in [0, 0.05) is 38.9 Å². The van der Waals surface area contributed by atoms with Gasteiger partial charge < -0.3 is 10.6 Å². The SMILES string of the molecule is CNC(=O)NC(=O)[C@@H](c1ccccc1)N1CCN(CC(=O)Nc2ccccc2)CC1. The van der Waals surface area contributed by atoms with E-state index in [4.69, 9.17) is 0 Å². The molecule has 158 valence electrons. The van der Waals surface area contributed by atoms with E-state index in [0.717, 1.165) is 11.3 Å². The van der Waals surface area contributed by atoms with E-state index < -0.39 is 12.1 Å². The van der Waals surface area contributed by atoms with Gasteiger partial charge in [-0.05, 0) is 17.7 Å². The van der Waals surface area contributed by atoms with Gasteiger partial charge in [0.05, 0.1) is 6.54 Å². The molecule has 1 aliphatic rings. The quantitative estimate of drug-likeness (QED) is 0.671. The molecule has 1 fully saturated rings. The summed E-state index contributed by atoms with van der Waals surface area (Å²) in [6, 6.07) is 17.7. The number of carbonyl (C=O) groups is 3. The van der Waals surface area contributed by atoms with Crippen molar-refractivity contribution in [3.05, 3.63) is 66.2 Å². The zero-order chi connectivity index (χ0) is 21.3. The third-order valence-electron chi connectivity index (χ3n) is 5.02. The van der Waals surface area contributed by atoms with Crippen molar-refractivity contribution < 1.29 is 14.4 Å². The zero-order valence-electron chi connectivity index (χ0n) is 17.0. The average Bonchev–Trinajstić information content (AvgIpc) is 2.76. The molecule has 1 heterocycles. The van der Waals surface area contributed by atoms with Crippen molar-refractivity contribution in [2.24, 2.45) is 0 Å². The third-order valence-corrected chi connectivity index (χ3v) is 5.02. The summed E-state index contributed by atoms with van der Waals surface area (Å²) < 4.78 is 0. The first kappa shape index (κ1) is 21.5. The lowest BCUT2D eigenvalue weighted by Crippen LogP contribution is -2.53. The van der Waals surface area contributed by atoms with Gasteiger partial charge in [0.1, 0.15) is 6.04 Å². The standard InChI is InChI=1S/C22H27N5O3/c1-23-22(30)25-21(29)20(17-8-4-2-5-9-17)27-14-12-26(13-15-27)16-19(28)24-18-10-6-3-7-11-18/h2-11,20H,12-16H2,1H3,(H,24,28)(H2,23,25,29,30)/t20-/m1/s1. The van der Waals surface area contributed by atoms with Crippen LogP contribution in [0, 0.1) is 0 Å². The maximum Gasteiger partial charge on any atom is 0.321 e. The van der Waals surface area contributed by atoms with Gasteiger partial charge in [-0.2, -0.15) is 0 Å². The Labute approximate surface area is 176 Å². The normalized spacial score (nSPS) is 15.8. The van der Waals surface area contributed by atoms with E-state index in [1.807, 2.05) is 65.6 Å². The Morgan fingerprint density at radius 1 is 0.900 bits per heavy atom. The lowest BCUT2D eigenvalue weighted by atomic mass is 10.0. The van der Waals surface area contributed by atoms with Crippen LogP contribution in [0.3, 0.4) is 0 Å². The molecule has 3 rings (SSSR count). The molecule has 2 aromatic rings. The minimum atomic E-state index is -0.566. The molecule has 0 spiro atoms. The van der Waals surface area contributed by atoms with Crippen LogP contribution in [0.4, 0.5) is 10.5 Å². The molecule has 8 heteroatoms. The lowest BCUT2D eigenvalue weighted by molar-refractivity contribution is -0.127. The number of hydrogen-bond donors (Lipinski definition) is 3. The van der Waals surface area contributed by atoms with Crippen LogP contribution >= 0.6 is 0 Å². The Hall–Kier alpha value is -3.23. The number of piperazine rings is 1. The molecule has 4 amide bonds. The monoisotopic (exact) mass is 409 g/mol. The molecule has 30 heavy (non-hydrogen) atoms. The van der Waals surface area contributed by atoms with E-state index in [1.54, 1.807) is 0 Å². The number of benzene rings is 2. The second kappa shape index (κ2) is 10.5. The Bertz CT molecular complexity index is 852. The molecule has 8 nitrogen and oxygen atoms in total. The summed E-state index contributed by atoms with van der Waals surface area (Å²) in [4.78, 5) is 40.8. The van der Waals surface area contributed by atoms with Crippen molar-refractivity contribution in [1.82, 2.24) is 20.4 Å². The first-order valence-electron chi connectivity index (χ1n) is 9.95. The number of imide groups is 1. The molecule has 0 aromatic heterocycles. The van der Waals surface area contributed by atoms with Crippen LogP contribution in [0.5, 0.6) is 0 Å². The highest BCUT2D eigenvalue weighted by Gasteiger charge is 2.31. The highest BCUT2D eigenvalue weighted by molar-refractivity contribution is 5.97. The van der Waals surface area contributed by atoms with Crippen molar-refractivity contribution >= 4 is 23.5 Å². The highest BCUT2D eigenvalue weighted by Crippen LogP contribution is 2.22. The van der Waals surface area contributed by atoms with Gasteiger partial charge in [0.2, 0.25) is 11.8 Å². The number of nitrogens with zero attached hydrogens (tertiary/aromatic N) is 2. The summed E-state index contributed by atoms with van der Waals surface area (Å²) in [5, 5.41) is 7.69. The summed E-state index contributed by atoms with van der Waals surface area (Å²) in [7, 11) is 1.47. The molecule has 0 unspecified atom stereocenters. The highest BCUT2D eigenvalue weighted by atomic mass is 16.2. The van der Waals surface area contributed by atoms with Crippen molar-refractivity contribution in [3.8, 4) is 0 Å². The van der Waals surface area contributed by atoms with Crippen molar-refractivity contribution in [2.45, 2.75) is 6.04 Å². The Kier molecular flexibility index (Phi) is 7.53. The van der Waals surface area contributed by atoms with Gasteiger partial charge in [-0.25, -0.2) is 4.79 Å². The van der Waals surface area contributed by atoms with Gasteiger partial charge in [0.15, 0.2) is 0 Å². The number of para-hydroxylation sites is 1. The first-order chi connectivity index (χ1) is 14.6. The summed E-state index contributed by atoms with van der Waals surface area (Å²) in [6.07, 6.45) is 0. The predicted octanol–water partition coefficient (Wildman–Crippen LogP) is 1.44. The van der Waals surface area contributed by atoms with Gasteiger partial charge in [-0.1, -0.05) is 48.5 Å². The summed E-state index contributed by atoms with van der Waals surface area (Å²) >= 11 is 0. The number of hydrogen-bond acceptors (Lipinski definition) is 5. The van der Waals surface area contributed by atoms with E-state index in [0.29, 0.717) is 32.7 Å². The van der Waals surface area contributed by atoms with Crippen LogP contribution < -0.4 is 16.0 Å². The second-order valence-electron chi connectivity index (χ2n) is 7.11. The van der Waals surface area contributed by atoms with Gasteiger partial charge in [-0.15, -0.1) is 0 Å². The Balaban J connectivity index is 1.59. The van der Waals surface area contributed by atoms with E-state index in [9.17, 15) is 14.4 Å². The molecule has 1 saturated heterocycles. The maximum absolute atomic E-state index is 12.8. The largest absolute Gasteiger partial charge is 0.341 e. The maximum atomic E-state index is 12.8. The molecule has 3 N–H and O–H groups in total. The molecule has 0 bridgehead atoms. The minimum absolute atomic E-state index is 0.0633. The van der Waals surface area contributed by atoms with Gasteiger partial charge in [-0.3, -0.25) is 24.7 Å². The van der Waals surface area contributed by atoms with Gasteiger partial charge >= 0.3 is 6.03 Å². The van der Waals surface area contributed by atoms with E-state index in [1.165, 1.54) is 7.05 Å². The topological polar surface area (TPSA) is 93.8 Å². The molecule has 0 radical (unpaired) electrons. The first-order valence-corrected chi connectivity index (χ1v) is 9.95. The van der Waals surface area contributed by atoms with Crippen LogP contribution in [-0.4, -0.2) is 67.4 Å². The fourth-order valence-electron chi connectivity index (χ4n) is 3.51. The number of carbonyl (C=O) groups excluding carboxylic acids is 3. The minimum Gasteiger partial charge on any atom is -0.341 e. The molecular formula is C22H27N5O3. The Morgan fingerprint density at radius 2 is 1.50 bits per heavy atom. The summed E-state index contributed by atoms with van der Waals surface area (Å²) in [6.45, 7) is 2.82. The number of amides is 4. The number of urea groups is 1. The van der Waals surface area contributed by atoms with Crippen molar-refractivity contribution in [3.63, 3.8) is 0 Å². The van der Waals surface area contributed by atoms with Crippen LogP contribution in [-0.2, 0) is 9.59 Å². The molecule has 0 aliphatic carbocycles. The Morgan fingerprint density at radius 3 is 2.10 bits per heavy atom. The zero-order valence-corrected chi connectivity index (χ0v) is 17.0. The average molecular weight is 409 g/mol. The fourth-order valence-corrected chi connectivity index (χ4v) is 3.51. The van der Waals surface area contributed by atoms with E-state index >= 15 is 0 Å². The lowest BCUT2D eigenvalue weighted by Gasteiger charge is -2.38. The molecule has 1 atom stereocenters. The van der Waals surface area contributed by atoms with E-state index in [2.05, 4.69) is 20.9 Å². The molecule has 0 saturated carbocycles. The summed E-state index contributed by atoms with van der Waals surface area (Å²) in [5.41, 5.74) is 1.60. The van der Waals surface area contributed by atoms with Crippen LogP contribution in [0.15, 0.2) is 60.7 Å². The molecule has 2 aromatic carbocycles. The predicted molar refractivity (Wildman–Crippen MR) is 115 cm³/mol. The number of nitrogens with one attached hydrogen (secondary N) is 3. The molecule has 1 aliphatic heterocycles. The van der Waals surface area contributed by atoms with Gasteiger partial charge in [0.25, 0.3) is 0 Å². The van der Waals surface area contributed by atoms with Crippen LogP contribution in [0.2, 0.25) is 0 Å². The fraction of sp³-hybridized carbons (Fsp3) is 0.318.